The molecule has 0 bridgehead atoms. The molecule has 2 rings (SSSR count). The standard InChI is InChI=1S/C17H23ClO2/c1-11-4-5-12(15(18)8-11)9-13-10-17(2,3)7-6-14(13)16(19)20/h4-5,8,13-14H,6-7,9-10H2,1-3H3,(H,19,20). The Morgan fingerprint density at radius 1 is 1.45 bits per heavy atom. The third-order valence-corrected chi connectivity index (χ3v) is 4.88. The van der Waals surface area contributed by atoms with Gasteiger partial charge in [0.25, 0.3) is 0 Å². The molecule has 1 aromatic rings. The van der Waals surface area contributed by atoms with Crippen LogP contribution in [0.25, 0.3) is 0 Å². The Morgan fingerprint density at radius 2 is 2.15 bits per heavy atom. The predicted octanol–water partition coefficient (Wildman–Crippen LogP) is 4.72. The van der Waals surface area contributed by atoms with Gasteiger partial charge in [0.2, 0.25) is 0 Å². The summed E-state index contributed by atoms with van der Waals surface area (Å²) < 4.78 is 0. The number of carboxylic acid groups (broad SMARTS) is 1. The molecule has 0 radical (unpaired) electrons. The van der Waals surface area contributed by atoms with E-state index in [2.05, 4.69) is 13.8 Å². The van der Waals surface area contributed by atoms with Crippen LogP contribution in [-0.4, -0.2) is 11.1 Å². The molecule has 1 aliphatic carbocycles. The molecular weight excluding hydrogens is 272 g/mol. The first-order valence-corrected chi connectivity index (χ1v) is 7.64. The SMILES string of the molecule is Cc1ccc(CC2CC(C)(C)CCC2C(=O)O)c(Cl)c1. The fraction of sp³-hybridized carbons (Fsp3) is 0.588. The third-order valence-electron chi connectivity index (χ3n) is 4.52. The van der Waals surface area contributed by atoms with E-state index in [1.54, 1.807) is 0 Å². The third kappa shape index (κ3) is 3.54. The highest BCUT2D eigenvalue weighted by atomic mass is 35.5. The average molecular weight is 295 g/mol. The Hall–Kier alpha value is -1.02. The molecule has 20 heavy (non-hydrogen) atoms. The highest BCUT2D eigenvalue weighted by Crippen LogP contribution is 2.43. The smallest absolute Gasteiger partial charge is 0.306 e. The number of aliphatic carboxylic acids is 1. The topological polar surface area (TPSA) is 37.3 Å². The zero-order valence-corrected chi connectivity index (χ0v) is 13.2. The van der Waals surface area contributed by atoms with Crippen molar-refractivity contribution < 1.29 is 9.90 Å². The lowest BCUT2D eigenvalue weighted by atomic mass is 9.65. The summed E-state index contributed by atoms with van der Waals surface area (Å²) in [6.45, 7) is 6.48. The van der Waals surface area contributed by atoms with Gasteiger partial charge in [0.05, 0.1) is 5.92 Å². The highest BCUT2D eigenvalue weighted by molar-refractivity contribution is 6.31. The number of aryl methyl sites for hydroxylation is 1. The van der Waals surface area contributed by atoms with Crippen molar-refractivity contribution in [2.24, 2.45) is 17.3 Å². The molecule has 1 saturated carbocycles. The molecule has 0 heterocycles. The number of rotatable bonds is 3. The van der Waals surface area contributed by atoms with Gasteiger partial charge in [-0.2, -0.15) is 0 Å². The number of hydrogen-bond donors (Lipinski definition) is 1. The van der Waals surface area contributed by atoms with Gasteiger partial charge in [-0.1, -0.05) is 37.6 Å². The molecule has 0 amide bonds. The van der Waals surface area contributed by atoms with Crippen LogP contribution in [0.3, 0.4) is 0 Å². The Labute approximate surface area is 126 Å². The van der Waals surface area contributed by atoms with E-state index in [0.717, 1.165) is 41.8 Å². The number of carbonyl (C=O) groups is 1. The minimum Gasteiger partial charge on any atom is -0.481 e. The quantitative estimate of drug-likeness (QED) is 0.876. The summed E-state index contributed by atoms with van der Waals surface area (Å²) in [5, 5.41) is 10.2. The van der Waals surface area contributed by atoms with E-state index in [-0.39, 0.29) is 17.3 Å². The van der Waals surface area contributed by atoms with Gasteiger partial charge >= 0.3 is 5.97 Å². The van der Waals surface area contributed by atoms with E-state index in [4.69, 9.17) is 11.6 Å². The molecule has 1 fully saturated rings. The number of halogens is 1. The van der Waals surface area contributed by atoms with Crippen molar-refractivity contribution in [1.29, 1.82) is 0 Å². The largest absolute Gasteiger partial charge is 0.481 e. The monoisotopic (exact) mass is 294 g/mol. The maximum absolute atomic E-state index is 11.5. The summed E-state index contributed by atoms with van der Waals surface area (Å²) in [5.41, 5.74) is 2.44. The van der Waals surface area contributed by atoms with Gasteiger partial charge < -0.3 is 5.11 Å². The molecule has 2 nitrogen and oxygen atoms in total. The molecule has 0 saturated heterocycles. The summed E-state index contributed by atoms with van der Waals surface area (Å²) >= 11 is 6.30. The molecular formula is C17H23ClO2. The molecule has 110 valence electrons. The Morgan fingerprint density at radius 3 is 2.75 bits per heavy atom. The second kappa shape index (κ2) is 5.77. The summed E-state index contributed by atoms with van der Waals surface area (Å²) in [7, 11) is 0. The van der Waals surface area contributed by atoms with Crippen molar-refractivity contribution >= 4 is 17.6 Å². The van der Waals surface area contributed by atoms with Crippen LogP contribution in [0.4, 0.5) is 0 Å². The van der Waals surface area contributed by atoms with Crippen LogP contribution >= 0.6 is 11.6 Å². The molecule has 2 atom stereocenters. The van der Waals surface area contributed by atoms with Gasteiger partial charge in [0.15, 0.2) is 0 Å². The highest BCUT2D eigenvalue weighted by Gasteiger charge is 2.38. The van der Waals surface area contributed by atoms with Crippen LogP contribution in [-0.2, 0) is 11.2 Å². The van der Waals surface area contributed by atoms with E-state index in [1.807, 2.05) is 25.1 Å². The normalized spacial score (nSPS) is 25.4. The minimum absolute atomic E-state index is 0.177. The van der Waals surface area contributed by atoms with Crippen LogP contribution in [0, 0.1) is 24.2 Å². The molecule has 1 N–H and O–H groups in total. The maximum atomic E-state index is 11.5. The van der Waals surface area contributed by atoms with Crippen LogP contribution in [0.5, 0.6) is 0 Å². The Balaban J connectivity index is 2.20. The molecule has 0 aromatic heterocycles. The van der Waals surface area contributed by atoms with Gasteiger partial charge in [-0.15, -0.1) is 0 Å². The first-order chi connectivity index (χ1) is 9.28. The molecule has 0 aliphatic heterocycles. The zero-order valence-electron chi connectivity index (χ0n) is 12.4. The molecule has 0 spiro atoms. The van der Waals surface area contributed by atoms with Gasteiger partial charge in [-0.25, -0.2) is 0 Å². The van der Waals surface area contributed by atoms with E-state index in [1.165, 1.54) is 0 Å². The van der Waals surface area contributed by atoms with Gasteiger partial charge in [-0.3, -0.25) is 4.79 Å². The van der Waals surface area contributed by atoms with E-state index >= 15 is 0 Å². The summed E-state index contributed by atoms with van der Waals surface area (Å²) in [4.78, 5) is 11.5. The summed E-state index contributed by atoms with van der Waals surface area (Å²) in [6, 6.07) is 6.05. The van der Waals surface area contributed by atoms with Crippen molar-refractivity contribution in [3.63, 3.8) is 0 Å². The Kier molecular flexibility index (Phi) is 4.43. The second-order valence-electron chi connectivity index (χ2n) is 6.91. The first kappa shape index (κ1) is 15.4. The minimum atomic E-state index is -0.659. The predicted molar refractivity (Wildman–Crippen MR) is 82.1 cm³/mol. The van der Waals surface area contributed by atoms with Crippen molar-refractivity contribution in [2.45, 2.75) is 46.5 Å². The first-order valence-electron chi connectivity index (χ1n) is 7.26. The lowest BCUT2D eigenvalue weighted by Gasteiger charge is -2.39. The molecule has 1 aliphatic rings. The average Bonchev–Trinajstić information content (AvgIpc) is 2.31. The van der Waals surface area contributed by atoms with E-state index in [9.17, 15) is 9.90 Å². The number of carboxylic acids is 1. The lowest BCUT2D eigenvalue weighted by molar-refractivity contribution is -0.146. The number of hydrogen-bond acceptors (Lipinski definition) is 1. The maximum Gasteiger partial charge on any atom is 0.306 e. The van der Waals surface area contributed by atoms with Gasteiger partial charge in [-0.05, 0) is 61.1 Å². The summed E-state index contributed by atoms with van der Waals surface area (Å²) in [5.74, 6) is -0.717. The fourth-order valence-corrected chi connectivity index (χ4v) is 3.69. The Bertz CT molecular complexity index is 508. The van der Waals surface area contributed by atoms with Crippen molar-refractivity contribution in [3.8, 4) is 0 Å². The summed E-state index contributed by atoms with van der Waals surface area (Å²) in [6.07, 6.45) is 3.48. The molecule has 3 heteroatoms. The van der Waals surface area contributed by atoms with Crippen LogP contribution in [0.15, 0.2) is 18.2 Å². The van der Waals surface area contributed by atoms with Crippen LogP contribution < -0.4 is 0 Å². The molecule has 1 aromatic carbocycles. The van der Waals surface area contributed by atoms with Gasteiger partial charge in [0.1, 0.15) is 0 Å². The number of benzene rings is 1. The van der Waals surface area contributed by atoms with Crippen molar-refractivity contribution in [2.75, 3.05) is 0 Å². The lowest BCUT2D eigenvalue weighted by Crippen LogP contribution is -2.35. The molecule has 2 unspecified atom stereocenters. The van der Waals surface area contributed by atoms with Crippen molar-refractivity contribution in [3.05, 3.63) is 34.3 Å². The second-order valence-corrected chi connectivity index (χ2v) is 7.32. The van der Waals surface area contributed by atoms with Crippen LogP contribution in [0.1, 0.15) is 44.2 Å². The van der Waals surface area contributed by atoms with E-state index < -0.39 is 5.97 Å². The van der Waals surface area contributed by atoms with Crippen molar-refractivity contribution in [1.82, 2.24) is 0 Å². The van der Waals surface area contributed by atoms with E-state index in [0.29, 0.717) is 0 Å². The zero-order chi connectivity index (χ0) is 14.9. The van der Waals surface area contributed by atoms with Gasteiger partial charge in [0, 0.05) is 5.02 Å². The fourth-order valence-electron chi connectivity index (χ4n) is 3.38. The van der Waals surface area contributed by atoms with Crippen LogP contribution in [0.2, 0.25) is 5.02 Å².